The van der Waals surface area contributed by atoms with Crippen molar-refractivity contribution >= 4 is 41.0 Å². The quantitative estimate of drug-likeness (QED) is 0.369. The highest BCUT2D eigenvalue weighted by Crippen LogP contribution is 2.29. The summed E-state index contributed by atoms with van der Waals surface area (Å²) in [5.41, 5.74) is 1.48. The van der Waals surface area contributed by atoms with Crippen LogP contribution in [0.5, 0.6) is 11.6 Å². The number of likely N-dealkylation sites (tertiary alicyclic amines) is 1. The van der Waals surface area contributed by atoms with Crippen molar-refractivity contribution in [3.05, 3.63) is 58.3 Å². The Balaban J connectivity index is 1.31. The lowest BCUT2D eigenvalue weighted by molar-refractivity contribution is -0.119. The van der Waals surface area contributed by atoms with Crippen LogP contribution in [0.4, 0.5) is 10.6 Å². The first kappa shape index (κ1) is 29.8. The van der Waals surface area contributed by atoms with Gasteiger partial charge in [0.2, 0.25) is 11.8 Å². The van der Waals surface area contributed by atoms with E-state index in [1.54, 1.807) is 31.3 Å². The van der Waals surface area contributed by atoms with E-state index in [4.69, 9.17) is 32.9 Å². The molecule has 0 aliphatic carbocycles. The van der Waals surface area contributed by atoms with Crippen molar-refractivity contribution in [3.8, 4) is 23.0 Å². The van der Waals surface area contributed by atoms with Crippen LogP contribution in [0.1, 0.15) is 25.5 Å². The number of ether oxygens (including phenoxy) is 1. The summed E-state index contributed by atoms with van der Waals surface area (Å²) in [5.74, 6) is 2.57. The van der Waals surface area contributed by atoms with Crippen molar-refractivity contribution in [3.63, 3.8) is 0 Å². The highest BCUT2D eigenvalue weighted by atomic mass is 35.5. The zero-order valence-corrected chi connectivity index (χ0v) is 24.8. The number of anilines is 1. The van der Waals surface area contributed by atoms with Crippen LogP contribution < -0.4 is 15.0 Å². The SMILES string of the molecule is CC(=O)NCC1CCN(Cc2cc(Oc3ccc(N4CCN(C(=O)O)CC4)nc3)nc(-c3cc(Cl)cc(Cl)c3)n2)CC1. The third-order valence-corrected chi connectivity index (χ3v) is 7.86. The molecular formula is C29H33Cl2N7O4. The fraction of sp³-hybridized carbons (Fsp3) is 0.414. The number of rotatable bonds is 8. The Hall–Kier alpha value is -3.67. The number of hydrogen-bond acceptors (Lipinski definition) is 8. The second kappa shape index (κ2) is 13.5. The molecule has 2 amide bonds. The van der Waals surface area contributed by atoms with Crippen LogP contribution in [0.2, 0.25) is 10.0 Å². The van der Waals surface area contributed by atoms with Gasteiger partial charge in [-0.25, -0.2) is 14.8 Å². The molecule has 2 fully saturated rings. The number of piperidine rings is 1. The number of benzene rings is 1. The maximum Gasteiger partial charge on any atom is 0.407 e. The average Bonchev–Trinajstić information content (AvgIpc) is 2.96. The molecule has 0 radical (unpaired) electrons. The molecule has 5 rings (SSSR count). The van der Waals surface area contributed by atoms with E-state index in [-0.39, 0.29) is 5.91 Å². The van der Waals surface area contributed by atoms with Gasteiger partial charge in [0.1, 0.15) is 11.6 Å². The molecule has 3 aromatic rings. The summed E-state index contributed by atoms with van der Waals surface area (Å²) in [6.07, 6.45) is 2.72. The van der Waals surface area contributed by atoms with Gasteiger partial charge in [-0.3, -0.25) is 9.69 Å². The van der Waals surface area contributed by atoms with Gasteiger partial charge in [0, 0.05) is 67.9 Å². The van der Waals surface area contributed by atoms with Crippen LogP contribution in [0.3, 0.4) is 0 Å². The lowest BCUT2D eigenvalue weighted by Crippen LogP contribution is -2.48. The van der Waals surface area contributed by atoms with Gasteiger partial charge in [0.25, 0.3) is 0 Å². The first-order valence-corrected chi connectivity index (χ1v) is 14.7. The number of carbonyl (C=O) groups is 2. The summed E-state index contributed by atoms with van der Waals surface area (Å²) < 4.78 is 6.15. The average molecular weight is 615 g/mol. The molecule has 222 valence electrons. The van der Waals surface area contributed by atoms with Gasteiger partial charge >= 0.3 is 6.09 Å². The van der Waals surface area contributed by atoms with Crippen LogP contribution in [0.25, 0.3) is 11.4 Å². The van der Waals surface area contributed by atoms with E-state index in [1.807, 2.05) is 23.1 Å². The number of hydrogen-bond donors (Lipinski definition) is 2. The molecule has 1 aromatic carbocycles. The highest BCUT2D eigenvalue weighted by molar-refractivity contribution is 6.35. The first-order chi connectivity index (χ1) is 20.2. The van der Waals surface area contributed by atoms with Crippen molar-refractivity contribution in [2.24, 2.45) is 5.92 Å². The predicted octanol–water partition coefficient (Wildman–Crippen LogP) is 4.79. The first-order valence-electron chi connectivity index (χ1n) is 13.9. The van der Waals surface area contributed by atoms with Crippen LogP contribution in [-0.2, 0) is 11.3 Å². The van der Waals surface area contributed by atoms with Crippen LogP contribution >= 0.6 is 23.2 Å². The summed E-state index contributed by atoms with van der Waals surface area (Å²) in [7, 11) is 0. The van der Waals surface area contributed by atoms with E-state index in [0.29, 0.717) is 78.2 Å². The number of halogens is 2. The summed E-state index contributed by atoms with van der Waals surface area (Å²) in [5, 5.41) is 13.1. The lowest BCUT2D eigenvalue weighted by Gasteiger charge is -2.33. The largest absolute Gasteiger partial charge is 0.465 e. The van der Waals surface area contributed by atoms with Gasteiger partial charge in [-0.2, -0.15) is 4.98 Å². The molecule has 0 unspecified atom stereocenters. The molecule has 0 saturated carbocycles. The van der Waals surface area contributed by atoms with E-state index in [0.717, 1.165) is 37.4 Å². The number of pyridine rings is 1. The van der Waals surface area contributed by atoms with Crippen LogP contribution in [-0.4, -0.2) is 87.7 Å². The minimum Gasteiger partial charge on any atom is -0.465 e. The number of nitrogens with zero attached hydrogens (tertiary/aromatic N) is 6. The van der Waals surface area contributed by atoms with Crippen molar-refractivity contribution in [1.82, 2.24) is 30.1 Å². The Bertz CT molecular complexity index is 1390. The lowest BCUT2D eigenvalue weighted by atomic mass is 9.96. The molecule has 2 aliphatic rings. The Kier molecular flexibility index (Phi) is 9.61. The van der Waals surface area contributed by atoms with Gasteiger partial charge in [-0.1, -0.05) is 23.2 Å². The molecular weight excluding hydrogens is 581 g/mol. The van der Waals surface area contributed by atoms with Gasteiger partial charge < -0.3 is 25.0 Å². The molecule has 2 aromatic heterocycles. The molecule has 2 aliphatic heterocycles. The molecule has 0 spiro atoms. The standard InChI is InChI=1S/C29H33Cl2N7O4/c1-19(39)32-16-20-4-6-36(7-5-20)18-24-15-27(35-28(34-24)21-12-22(30)14-23(31)13-21)42-25-2-3-26(33-17-25)37-8-10-38(11-9-37)29(40)41/h2-3,12-15,17,20H,4-11,16,18H2,1H3,(H,32,39)(H,40,41). The van der Waals surface area contributed by atoms with Gasteiger partial charge in [0.05, 0.1) is 11.9 Å². The molecule has 0 bridgehead atoms. The van der Waals surface area contributed by atoms with E-state index in [2.05, 4.69) is 20.2 Å². The number of carboxylic acid groups (broad SMARTS) is 1. The number of nitrogens with one attached hydrogen (secondary N) is 1. The minimum absolute atomic E-state index is 0.00278. The summed E-state index contributed by atoms with van der Waals surface area (Å²) in [6, 6.07) is 10.7. The van der Waals surface area contributed by atoms with Crippen molar-refractivity contribution in [2.45, 2.75) is 26.3 Å². The summed E-state index contributed by atoms with van der Waals surface area (Å²) in [6.45, 7) is 6.68. The molecule has 42 heavy (non-hydrogen) atoms. The molecule has 0 atom stereocenters. The second-order valence-corrected chi connectivity index (χ2v) is 11.4. The zero-order chi connectivity index (χ0) is 29.6. The maximum absolute atomic E-state index is 11.3. The summed E-state index contributed by atoms with van der Waals surface area (Å²) >= 11 is 12.6. The van der Waals surface area contributed by atoms with Gasteiger partial charge in [-0.05, 0) is 62.2 Å². The van der Waals surface area contributed by atoms with Crippen LogP contribution in [0.15, 0.2) is 42.6 Å². The Morgan fingerprint density at radius 1 is 1.00 bits per heavy atom. The smallest absolute Gasteiger partial charge is 0.407 e. The van der Waals surface area contributed by atoms with Gasteiger partial charge in [-0.15, -0.1) is 0 Å². The van der Waals surface area contributed by atoms with Gasteiger partial charge in [0.15, 0.2) is 5.82 Å². The highest BCUT2D eigenvalue weighted by Gasteiger charge is 2.22. The molecule has 13 heteroatoms. The fourth-order valence-electron chi connectivity index (χ4n) is 5.15. The van der Waals surface area contributed by atoms with E-state index in [9.17, 15) is 14.7 Å². The third kappa shape index (κ3) is 7.99. The third-order valence-electron chi connectivity index (χ3n) is 7.43. The minimum atomic E-state index is -0.901. The second-order valence-electron chi connectivity index (χ2n) is 10.5. The van der Waals surface area contributed by atoms with E-state index < -0.39 is 6.09 Å². The Labute approximate surface area is 254 Å². The number of piperazine rings is 1. The summed E-state index contributed by atoms with van der Waals surface area (Å²) in [4.78, 5) is 42.3. The van der Waals surface area contributed by atoms with E-state index >= 15 is 0 Å². The van der Waals surface area contributed by atoms with Crippen molar-refractivity contribution < 1.29 is 19.4 Å². The predicted molar refractivity (Wildman–Crippen MR) is 160 cm³/mol. The number of amides is 2. The molecule has 2 saturated heterocycles. The normalized spacial score (nSPS) is 16.4. The zero-order valence-electron chi connectivity index (χ0n) is 23.3. The maximum atomic E-state index is 11.3. The van der Waals surface area contributed by atoms with Crippen molar-refractivity contribution in [2.75, 3.05) is 50.7 Å². The fourth-order valence-corrected chi connectivity index (χ4v) is 5.68. The van der Waals surface area contributed by atoms with E-state index in [1.165, 1.54) is 4.90 Å². The molecule has 11 nitrogen and oxygen atoms in total. The Morgan fingerprint density at radius 2 is 1.71 bits per heavy atom. The van der Waals surface area contributed by atoms with Crippen molar-refractivity contribution in [1.29, 1.82) is 0 Å². The van der Waals surface area contributed by atoms with Crippen LogP contribution in [0, 0.1) is 5.92 Å². The topological polar surface area (TPSA) is 124 Å². The monoisotopic (exact) mass is 613 g/mol. The molecule has 4 heterocycles. The number of carbonyl (C=O) groups excluding carboxylic acids is 1. The number of aromatic nitrogens is 3. The Morgan fingerprint density at radius 3 is 2.33 bits per heavy atom. The molecule has 2 N–H and O–H groups in total.